The standard InChI is InChI=1S/C23H26N2O3/c1-2-28-22(27)23(14-17-7-4-3-5-8-17)15-19-10-11-20(23)25(19)21(26)13-18-9-6-12-24-16-18/h3-9,12,16,19-20H,2,10-11,13-15H2,1H3/t19-,20+,23+/m1/s1. The van der Waals surface area contributed by atoms with E-state index in [1.54, 1.807) is 12.4 Å². The molecule has 0 unspecified atom stereocenters. The zero-order valence-corrected chi connectivity index (χ0v) is 16.2. The van der Waals surface area contributed by atoms with E-state index >= 15 is 0 Å². The van der Waals surface area contributed by atoms with E-state index in [2.05, 4.69) is 17.1 Å². The fraction of sp³-hybridized carbons (Fsp3) is 0.435. The molecule has 2 fully saturated rings. The van der Waals surface area contributed by atoms with E-state index in [1.807, 2.05) is 42.2 Å². The Bertz CT molecular complexity index is 839. The summed E-state index contributed by atoms with van der Waals surface area (Å²) < 4.78 is 5.51. The lowest BCUT2D eigenvalue weighted by atomic mass is 9.70. The zero-order valence-electron chi connectivity index (χ0n) is 16.2. The van der Waals surface area contributed by atoms with Gasteiger partial charge in [0.2, 0.25) is 5.91 Å². The molecular formula is C23H26N2O3. The number of fused-ring (bicyclic) bond motifs is 2. The van der Waals surface area contributed by atoms with Gasteiger partial charge in [-0.3, -0.25) is 14.6 Å². The lowest BCUT2D eigenvalue weighted by Crippen LogP contribution is -2.47. The maximum Gasteiger partial charge on any atom is 0.314 e. The third-order valence-corrected chi connectivity index (χ3v) is 6.15. The van der Waals surface area contributed by atoms with Crippen molar-refractivity contribution in [2.45, 2.75) is 51.1 Å². The minimum atomic E-state index is -0.648. The van der Waals surface area contributed by atoms with Gasteiger partial charge in [-0.15, -0.1) is 0 Å². The van der Waals surface area contributed by atoms with Gasteiger partial charge in [-0.05, 0) is 49.8 Å². The van der Waals surface area contributed by atoms with Gasteiger partial charge >= 0.3 is 5.97 Å². The summed E-state index contributed by atoms with van der Waals surface area (Å²) >= 11 is 0. The molecule has 0 radical (unpaired) electrons. The van der Waals surface area contributed by atoms with Gasteiger partial charge in [0.1, 0.15) is 0 Å². The van der Waals surface area contributed by atoms with Gasteiger partial charge in [-0.2, -0.15) is 0 Å². The highest BCUT2D eigenvalue weighted by Gasteiger charge is 2.61. The Kier molecular flexibility index (Phi) is 5.16. The van der Waals surface area contributed by atoms with Crippen LogP contribution in [0.2, 0.25) is 0 Å². The molecule has 2 aromatic rings. The van der Waals surface area contributed by atoms with E-state index < -0.39 is 5.41 Å². The van der Waals surface area contributed by atoms with E-state index in [9.17, 15) is 9.59 Å². The van der Waals surface area contributed by atoms with Gasteiger partial charge in [0, 0.05) is 24.5 Å². The Morgan fingerprint density at radius 2 is 1.93 bits per heavy atom. The van der Waals surface area contributed by atoms with Crippen molar-refractivity contribution in [3.8, 4) is 0 Å². The summed E-state index contributed by atoms with van der Waals surface area (Å²) in [5.41, 5.74) is 1.37. The van der Waals surface area contributed by atoms with Crippen molar-refractivity contribution in [1.29, 1.82) is 0 Å². The topological polar surface area (TPSA) is 59.5 Å². The summed E-state index contributed by atoms with van der Waals surface area (Å²) in [4.78, 5) is 32.3. The summed E-state index contributed by atoms with van der Waals surface area (Å²) in [6.07, 6.45) is 6.88. The first-order valence-corrected chi connectivity index (χ1v) is 10.1. The van der Waals surface area contributed by atoms with Crippen molar-refractivity contribution in [3.63, 3.8) is 0 Å². The van der Waals surface area contributed by atoms with Crippen LogP contribution in [-0.2, 0) is 27.2 Å². The van der Waals surface area contributed by atoms with Crippen LogP contribution in [0.1, 0.15) is 37.3 Å². The third kappa shape index (κ3) is 3.30. The van der Waals surface area contributed by atoms with Crippen molar-refractivity contribution in [2.24, 2.45) is 5.41 Å². The Morgan fingerprint density at radius 3 is 2.64 bits per heavy atom. The monoisotopic (exact) mass is 378 g/mol. The Morgan fingerprint density at radius 1 is 1.14 bits per heavy atom. The van der Waals surface area contributed by atoms with Crippen LogP contribution >= 0.6 is 0 Å². The van der Waals surface area contributed by atoms with Crippen LogP contribution in [0.15, 0.2) is 54.9 Å². The van der Waals surface area contributed by atoms with Crippen LogP contribution in [0.25, 0.3) is 0 Å². The summed E-state index contributed by atoms with van der Waals surface area (Å²) in [5.74, 6) is -0.0787. The molecule has 2 bridgehead atoms. The molecule has 5 nitrogen and oxygen atoms in total. The number of rotatable bonds is 6. The van der Waals surface area contributed by atoms with Crippen LogP contribution in [-0.4, -0.2) is 40.5 Å². The minimum absolute atomic E-state index is 0.0831. The molecule has 0 N–H and O–H groups in total. The first kappa shape index (κ1) is 18.7. The number of pyridine rings is 1. The molecular weight excluding hydrogens is 352 g/mol. The fourth-order valence-electron chi connectivity index (χ4n) is 5.04. The number of nitrogens with zero attached hydrogens (tertiary/aromatic N) is 2. The SMILES string of the molecule is CCOC(=O)[C@@]1(Cc2ccccc2)C[C@H]2CC[C@@H]1N2C(=O)Cc1cccnc1. The van der Waals surface area contributed by atoms with E-state index in [0.717, 1.165) is 24.0 Å². The summed E-state index contributed by atoms with van der Waals surface area (Å²) in [6.45, 7) is 2.20. The second-order valence-corrected chi connectivity index (χ2v) is 7.83. The number of carbonyl (C=O) groups is 2. The molecule has 3 atom stereocenters. The van der Waals surface area contributed by atoms with Crippen LogP contribution in [0, 0.1) is 5.41 Å². The first-order valence-electron chi connectivity index (χ1n) is 10.1. The maximum absolute atomic E-state index is 13.1. The summed E-state index contributed by atoms with van der Waals surface area (Å²) in [7, 11) is 0. The van der Waals surface area contributed by atoms with E-state index in [1.165, 1.54) is 0 Å². The molecule has 146 valence electrons. The van der Waals surface area contributed by atoms with E-state index in [0.29, 0.717) is 25.9 Å². The molecule has 4 rings (SSSR count). The van der Waals surface area contributed by atoms with Gasteiger partial charge in [-0.1, -0.05) is 36.4 Å². The van der Waals surface area contributed by atoms with Crippen LogP contribution in [0.4, 0.5) is 0 Å². The molecule has 2 aliphatic heterocycles. The van der Waals surface area contributed by atoms with Crippen molar-refractivity contribution >= 4 is 11.9 Å². The van der Waals surface area contributed by atoms with Crippen LogP contribution in [0.3, 0.4) is 0 Å². The largest absolute Gasteiger partial charge is 0.465 e. The fourth-order valence-corrected chi connectivity index (χ4v) is 5.04. The molecule has 0 spiro atoms. The number of hydrogen-bond donors (Lipinski definition) is 0. The average Bonchev–Trinajstić information content (AvgIpc) is 3.26. The Labute approximate surface area is 165 Å². The molecule has 1 aromatic heterocycles. The number of carbonyl (C=O) groups excluding carboxylic acids is 2. The maximum atomic E-state index is 13.1. The van der Waals surface area contributed by atoms with E-state index in [4.69, 9.17) is 4.74 Å². The Hall–Kier alpha value is -2.69. The average molecular weight is 378 g/mol. The smallest absolute Gasteiger partial charge is 0.314 e. The molecule has 28 heavy (non-hydrogen) atoms. The number of ether oxygens (including phenoxy) is 1. The predicted octanol–water partition coefficient (Wildman–Crippen LogP) is 3.18. The zero-order chi connectivity index (χ0) is 19.6. The van der Waals surface area contributed by atoms with Crippen LogP contribution in [0.5, 0.6) is 0 Å². The van der Waals surface area contributed by atoms with Gasteiger partial charge in [-0.25, -0.2) is 0 Å². The highest BCUT2D eigenvalue weighted by Crippen LogP contribution is 2.52. The van der Waals surface area contributed by atoms with Gasteiger partial charge in [0.05, 0.1) is 18.4 Å². The molecule has 0 aliphatic carbocycles. The molecule has 1 aromatic carbocycles. The highest BCUT2D eigenvalue weighted by atomic mass is 16.5. The van der Waals surface area contributed by atoms with Crippen LogP contribution < -0.4 is 0 Å². The minimum Gasteiger partial charge on any atom is -0.465 e. The first-order chi connectivity index (χ1) is 13.6. The van der Waals surface area contributed by atoms with Gasteiger partial charge in [0.15, 0.2) is 0 Å². The predicted molar refractivity (Wildman–Crippen MR) is 105 cm³/mol. The number of hydrogen-bond acceptors (Lipinski definition) is 4. The summed E-state index contributed by atoms with van der Waals surface area (Å²) in [6, 6.07) is 13.8. The molecule has 3 heterocycles. The molecule has 5 heteroatoms. The molecule has 1 amide bonds. The third-order valence-electron chi connectivity index (χ3n) is 6.15. The second kappa shape index (κ2) is 7.74. The van der Waals surface area contributed by atoms with Crippen molar-refractivity contribution < 1.29 is 14.3 Å². The van der Waals surface area contributed by atoms with Gasteiger partial charge in [0.25, 0.3) is 0 Å². The lowest BCUT2D eigenvalue weighted by Gasteiger charge is -2.35. The van der Waals surface area contributed by atoms with Gasteiger partial charge < -0.3 is 9.64 Å². The van der Waals surface area contributed by atoms with Crippen molar-refractivity contribution in [3.05, 3.63) is 66.0 Å². The normalized spacial score (nSPS) is 25.7. The van der Waals surface area contributed by atoms with E-state index in [-0.39, 0.29) is 24.0 Å². The van der Waals surface area contributed by atoms with Crippen molar-refractivity contribution in [1.82, 2.24) is 9.88 Å². The number of aromatic nitrogens is 1. The number of esters is 1. The van der Waals surface area contributed by atoms with Crippen molar-refractivity contribution in [2.75, 3.05) is 6.61 Å². The molecule has 2 saturated heterocycles. The molecule has 2 aliphatic rings. The molecule has 0 saturated carbocycles. The second-order valence-electron chi connectivity index (χ2n) is 7.83. The Balaban J connectivity index is 1.61. The quantitative estimate of drug-likeness (QED) is 0.725. The lowest BCUT2D eigenvalue weighted by molar-refractivity contribution is -0.158. The highest BCUT2D eigenvalue weighted by molar-refractivity contribution is 5.85. The number of amides is 1. The summed E-state index contributed by atoms with van der Waals surface area (Å²) in [5, 5.41) is 0. The number of benzene rings is 1.